The normalized spacial score (nSPS) is 12.4. The van der Waals surface area contributed by atoms with Crippen molar-refractivity contribution in [2.45, 2.75) is 32.7 Å². The zero-order valence-corrected chi connectivity index (χ0v) is 13.1. The summed E-state index contributed by atoms with van der Waals surface area (Å²) in [5.74, 6) is -0.379. The lowest BCUT2D eigenvalue weighted by Gasteiger charge is -2.21. The van der Waals surface area contributed by atoms with Gasteiger partial charge in [0.1, 0.15) is 5.82 Å². The molecule has 0 fully saturated rings. The van der Waals surface area contributed by atoms with Gasteiger partial charge in [0.2, 0.25) is 0 Å². The van der Waals surface area contributed by atoms with Crippen LogP contribution in [-0.4, -0.2) is 11.5 Å². The van der Waals surface area contributed by atoms with E-state index in [1.165, 1.54) is 17.2 Å². The molecule has 0 aliphatic heterocycles. The van der Waals surface area contributed by atoms with E-state index >= 15 is 0 Å². The van der Waals surface area contributed by atoms with Crippen LogP contribution in [0.3, 0.4) is 0 Å². The predicted molar refractivity (Wildman–Crippen MR) is 85.1 cm³/mol. The molecule has 2 nitrogen and oxygen atoms in total. The Balaban J connectivity index is 2.24. The largest absolute Gasteiger partial charge is 0.310 e. The average Bonchev–Trinajstić information content (AvgIpc) is 2.48. The fourth-order valence-electron chi connectivity index (χ4n) is 2.35. The number of nitrogens with zero attached hydrogens (tertiary/aromatic N) is 1. The van der Waals surface area contributed by atoms with Gasteiger partial charge >= 0.3 is 0 Å². The van der Waals surface area contributed by atoms with E-state index in [0.29, 0.717) is 0 Å². The summed E-state index contributed by atoms with van der Waals surface area (Å²) in [5.41, 5.74) is 3.39. The molecule has 1 unspecified atom stereocenters. The molecule has 1 aromatic carbocycles. The van der Waals surface area contributed by atoms with Crippen LogP contribution in [0.15, 0.2) is 36.7 Å². The predicted octanol–water partition coefficient (Wildman–Crippen LogP) is 4.47. The van der Waals surface area contributed by atoms with Crippen molar-refractivity contribution in [3.8, 4) is 0 Å². The van der Waals surface area contributed by atoms with Crippen molar-refractivity contribution in [2.24, 2.45) is 0 Å². The average molecular weight is 307 g/mol. The molecule has 0 radical (unpaired) electrons. The van der Waals surface area contributed by atoms with Crippen LogP contribution in [0.5, 0.6) is 0 Å². The van der Waals surface area contributed by atoms with E-state index in [0.717, 1.165) is 24.9 Å². The van der Waals surface area contributed by atoms with Crippen LogP contribution < -0.4 is 5.32 Å². The molecule has 1 atom stereocenters. The maximum atomic E-state index is 13.3. The third-order valence-corrected chi connectivity index (χ3v) is 3.81. The topological polar surface area (TPSA) is 24.9 Å². The van der Waals surface area contributed by atoms with Crippen LogP contribution in [0.25, 0.3) is 0 Å². The Morgan fingerprint density at radius 1 is 1.33 bits per heavy atom. The molecule has 1 heterocycles. The Kier molecular flexibility index (Phi) is 5.71. The number of hydrogen-bond donors (Lipinski definition) is 1. The molecular formula is C17H20ClFN2. The van der Waals surface area contributed by atoms with Crippen molar-refractivity contribution in [1.29, 1.82) is 0 Å². The van der Waals surface area contributed by atoms with Crippen molar-refractivity contribution in [3.05, 3.63) is 64.2 Å². The SMILES string of the molecule is CCCNC(Cc1ccc(F)c(Cl)c1)c1cnccc1C. The Bertz CT molecular complexity index is 601. The van der Waals surface area contributed by atoms with Gasteiger partial charge in [0.15, 0.2) is 0 Å². The van der Waals surface area contributed by atoms with E-state index < -0.39 is 0 Å². The molecule has 0 spiro atoms. The van der Waals surface area contributed by atoms with Crippen LogP contribution in [0, 0.1) is 12.7 Å². The molecular weight excluding hydrogens is 287 g/mol. The third kappa shape index (κ3) is 4.26. The lowest BCUT2D eigenvalue weighted by molar-refractivity contribution is 0.525. The smallest absolute Gasteiger partial charge is 0.141 e. The van der Waals surface area contributed by atoms with Gasteiger partial charge in [0.25, 0.3) is 0 Å². The zero-order chi connectivity index (χ0) is 15.2. The van der Waals surface area contributed by atoms with E-state index in [9.17, 15) is 4.39 Å². The van der Waals surface area contributed by atoms with Gasteiger partial charge in [-0.05, 0) is 61.2 Å². The first-order valence-electron chi connectivity index (χ1n) is 7.19. The highest BCUT2D eigenvalue weighted by atomic mass is 35.5. The highest BCUT2D eigenvalue weighted by Crippen LogP contribution is 2.23. The summed E-state index contributed by atoms with van der Waals surface area (Å²) in [5, 5.41) is 3.70. The van der Waals surface area contributed by atoms with Crippen molar-refractivity contribution in [2.75, 3.05) is 6.54 Å². The minimum absolute atomic E-state index is 0.153. The summed E-state index contributed by atoms with van der Waals surface area (Å²) in [6.45, 7) is 5.14. The lowest BCUT2D eigenvalue weighted by atomic mass is 9.97. The zero-order valence-electron chi connectivity index (χ0n) is 12.4. The van der Waals surface area contributed by atoms with Gasteiger partial charge in [0, 0.05) is 18.4 Å². The molecule has 0 aliphatic rings. The summed E-state index contributed by atoms with van der Waals surface area (Å²) in [6, 6.07) is 7.06. The maximum absolute atomic E-state index is 13.3. The Morgan fingerprint density at radius 2 is 2.14 bits per heavy atom. The number of benzene rings is 1. The van der Waals surface area contributed by atoms with Crippen molar-refractivity contribution < 1.29 is 4.39 Å². The quantitative estimate of drug-likeness (QED) is 0.852. The standard InChI is InChI=1S/C17H20ClFN2/c1-3-7-21-17(14-11-20-8-6-12(14)2)10-13-4-5-16(19)15(18)9-13/h4-6,8-9,11,17,21H,3,7,10H2,1-2H3. The number of hydrogen-bond acceptors (Lipinski definition) is 2. The van der Waals surface area contributed by atoms with E-state index in [1.807, 2.05) is 12.3 Å². The van der Waals surface area contributed by atoms with Crippen LogP contribution in [0.2, 0.25) is 5.02 Å². The monoisotopic (exact) mass is 306 g/mol. The molecule has 0 saturated carbocycles. The van der Waals surface area contributed by atoms with Crippen LogP contribution in [0.1, 0.15) is 36.1 Å². The van der Waals surface area contributed by atoms with Crippen molar-refractivity contribution in [3.63, 3.8) is 0 Å². The van der Waals surface area contributed by atoms with Gasteiger partial charge in [-0.25, -0.2) is 4.39 Å². The van der Waals surface area contributed by atoms with Crippen LogP contribution >= 0.6 is 11.6 Å². The first kappa shape index (κ1) is 15.9. The number of nitrogens with one attached hydrogen (secondary N) is 1. The Morgan fingerprint density at radius 3 is 2.81 bits per heavy atom. The van der Waals surface area contributed by atoms with Crippen molar-refractivity contribution >= 4 is 11.6 Å². The third-order valence-electron chi connectivity index (χ3n) is 3.52. The second kappa shape index (κ2) is 7.53. The lowest BCUT2D eigenvalue weighted by Crippen LogP contribution is -2.25. The van der Waals surface area contributed by atoms with Crippen LogP contribution in [0.4, 0.5) is 4.39 Å². The second-order valence-corrected chi connectivity index (χ2v) is 5.60. The molecule has 21 heavy (non-hydrogen) atoms. The summed E-state index contributed by atoms with van der Waals surface area (Å²) >= 11 is 5.87. The molecule has 2 aromatic rings. The first-order chi connectivity index (χ1) is 10.1. The molecule has 0 bridgehead atoms. The minimum atomic E-state index is -0.379. The Labute approximate surface area is 130 Å². The highest BCUT2D eigenvalue weighted by molar-refractivity contribution is 6.30. The molecule has 2 rings (SSSR count). The van der Waals surface area contributed by atoms with Crippen molar-refractivity contribution in [1.82, 2.24) is 10.3 Å². The molecule has 1 N–H and O–H groups in total. The van der Waals surface area contributed by atoms with Gasteiger partial charge < -0.3 is 5.32 Å². The van der Waals surface area contributed by atoms with E-state index in [-0.39, 0.29) is 16.9 Å². The molecule has 1 aromatic heterocycles. The van der Waals surface area contributed by atoms with Gasteiger partial charge in [0.05, 0.1) is 5.02 Å². The van der Waals surface area contributed by atoms with Gasteiger partial charge in [-0.2, -0.15) is 0 Å². The fraction of sp³-hybridized carbons (Fsp3) is 0.353. The molecule has 0 saturated heterocycles. The van der Waals surface area contributed by atoms with E-state index in [4.69, 9.17) is 11.6 Å². The van der Waals surface area contributed by atoms with Gasteiger partial charge in [-0.1, -0.05) is 24.6 Å². The molecule has 0 aliphatic carbocycles. The van der Waals surface area contributed by atoms with Crippen LogP contribution in [-0.2, 0) is 6.42 Å². The highest BCUT2D eigenvalue weighted by Gasteiger charge is 2.14. The number of pyridine rings is 1. The summed E-state index contributed by atoms with van der Waals surface area (Å²) in [7, 11) is 0. The fourth-order valence-corrected chi connectivity index (χ4v) is 2.56. The first-order valence-corrected chi connectivity index (χ1v) is 7.57. The molecule has 0 amide bonds. The minimum Gasteiger partial charge on any atom is -0.310 e. The maximum Gasteiger partial charge on any atom is 0.141 e. The van der Waals surface area contributed by atoms with E-state index in [1.54, 1.807) is 18.3 Å². The van der Waals surface area contributed by atoms with Gasteiger partial charge in [-0.3, -0.25) is 4.98 Å². The number of rotatable bonds is 6. The Hall–Kier alpha value is -1.45. The summed E-state index contributed by atoms with van der Waals surface area (Å²) in [4.78, 5) is 4.22. The molecule has 112 valence electrons. The van der Waals surface area contributed by atoms with Gasteiger partial charge in [-0.15, -0.1) is 0 Å². The number of halogens is 2. The number of aromatic nitrogens is 1. The second-order valence-electron chi connectivity index (χ2n) is 5.19. The summed E-state index contributed by atoms with van der Waals surface area (Å²) in [6.07, 6.45) is 5.50. The summed E-state index contributed by atoms with van der Waals surface area (Å²) < 4.78 is 13.3. The number of aryl methyl sites for hydroxylation is 1. The van der Waals surface area contributed by atoms with E-state index in [2.05, 4.69) is 24.1 Å². The molecule has 4 heteroatoms.